The minimum atomic E-state index is -0.731. The normalized spacial score (nSPS) is 18.1. The van der Waals surface area contributed by atoms with Gasteiger partial charge in [0.05, 0.1) is 6.54 Å². The van der Waals surface area contributed by atoms with Gasteiger partial charge in [0.15, 0.2) is 0 Å². The van der Waals surface area contributed by atoms with Crippen LogP contribution < -0.4 is 5.32 Å². The number of piperazine rings is 1. The van der Waals surface area contributed by atoms with Crippen LogP contribution in [0.5, 0.6) is 0 Å². The van der Waals surface area contributed by atoms with Crippen LogP contribution in [-0.2, 0) is 16.1 Å². The standard InChI is InChI=1S/C15H19BrN2O2/c1-3-15(4-2)14(20)18(10-13(19)17-15)9-11-5-7-12(16)8-6-11/h5-8H,3-4,9-10H2,1-2H3,(H,17,19). The molecule has 1 aromatic carbocycles. The van der Waals surface area contributed by atoms with Gasteiger partial charge in [-0.15, -0.1) is 0 Å². The molecule has 5 heteroatoms. The number of nitrogens with zero attached hydrogens (tertiary/aromatic N) is 1. The molecule has 0 bridgehead atoms. The predicted molar refractivity (Wildman–Crippen MR) is 81.0 cm³/mol. The van der Waals surface area contributed by atoms with Crippen molar-refractivity contribution in [1.82, 2.24) is 10.2 Å². The van der Waals surface area contributed by atoms with Crippen molar-refractivity contribution in [2.45, 2.75) is 38.8 Å². The zero-order chi connectivity index (χ0) is 14.8. The van der Waals surface area contributed by atoms with Gasteiger partial charge < -0.3 is 10.2 Å². The topological polar surface area (TPSA) is 49.4 Å². The van der Waals surface area contributed by atoms with Gasteiger partial charge in [0, 0.05) is 11.0 Å². The lowest BCUT2D eigenvalue weighted by molar-refractivity contribution is -0.151. The minimum absolute atomic E-state index is 0.0185. The van der Waals surface area contributed by atoms with Gasteiger partial charge in [-0.3, -0.25) is 9.59 Å². The molecule has 0 unspecified atom stereocenters. The maximum atomic E-state index is 12.6. The Labute approximate surface area is 127 Å². The van der Waals surface area contributed by atoms with E-state index >= 15 is 0 Å². The Balaban J connectivity index is 2.20. The molecule has 1 aromatic rings. The molecule has 0 aromatic heterocycles. The lowest BCUT2D eigenvalue weighted by atomic mass is 9.88. The molecular weight excluding hydrogens is 320 g/mol. The van der Waals surface area contributed by atoms with Gasteiger partial charge in [0.2, 0.25) is 11.8 Å². The number of benzene rings is 1. The number of hydrogen-bond acceptors (Lipinski definition) is 2. The van der Waals surface area contributed by atoms with Gasteiger partial charge in [-0.1, -0.05) is 41.9 Å². The number of halogens is 1. The Hall–Kier alpha value is -1.36. The minimum Gasteiger partial charge on any atom is -0.340 e. The summed E-state index contributed by atoms with van der Waals surface area (Å²) in [5, 5.41) is 2.87. The Kier molecular flexibility index (Phi) is 4.48. The first-order valence-corrected chi connectivity index (χ1v) is 7.65. The van der Waals surface area contributed by atoms with Crippen molar-refractivity contribution in [3.8, 4) is 0 Å². The van der Waals surface area contributed by atoms with Crippen molar-refractivity contribution in [1.29, 1.82) is 0 Å². The van der Waals surface area contributed by atoms with E-state index in [2.05, 4.69) is 21.2 Å². The highest BCUT2D eigenvalue weighted by Crippen LogP contribution is 2.23. The van der Waals surface area contributed by atoms with Crippen LogP contribution in [0.4, 0.5) is 0 Å². The smallest absolute Gasteiger partial charge is 0.249 e. The monoisotopic (exact) mass is 338 g/mol. The first kappa shape index (κ1) is 15.0. The summed E-state index contributed by atoms with van der Waals surface area (Å²) in [4.78, 5) is 26.2. The summed E-state index contributed by atoms with van der Waals surface area (Å²) < 4.78 is 1.00. The first-order valence-electron chi connectivity index (χ1n) is 6.85. The molecule has 2 amide bonds. The Morgan fingerprint density at radius 2 is 1.80 bits per heavy atom. The molecule has 1 saturated heterocycles. The molecule has 1 fully saturated rings. The van der Waals surface area contributed by atoms with Gasteiger partial charge in [-0.25, -0.2) is 0 Å². The number of carbonyl (C=O) groups excluding carboxylic acids is 2. The van der Waals surface area contributed by atoms with E-state index in [1.54, 1.807) is 4.90 Å². The molecule has 0 atom stereocenters. The van der Waals surface area contributed by atoms with E-state index in [9.17, 15) is 9.59 Å². The molecular formula is C15H19BrN2O2. The maximum absolute atomic E-state index is 12.6. The highest BCUT2D eigenvalue weighted by Gasteiger charge is 2.43. The molecule has 0 radical (unpaired) electrons. The molecule has 1 aliphatic heterocycles. The van der Waals surface area contributed by atoms with Crippen LogP contribution in [0.2, 0.25) is 0 Å². The van der Waals surface area contributed by atoms with Crippen LogP contribution in [0.25, 0.3) is 0 Å². The molecule has 4 nitrogen and oxygen atoms in total. The van der Waals surface area contributed by atoms with E-state index in [0.29, 0.717) is 19.4 Å². The van der Waals surface area contributed by atoms with Crippen LogP contribution in [0.3, 0.4) is 0 Å². The molecule has 0 spiro atoms. The van der Waals surface area contributed by atoms with Crippen LogP contribution in [0, 0.1) is 0 Å². The lowest BCUT2D eigenvalue weighted by Crippen LogP contribution is -2.65. The van der Waals surface area contributed by atoms with E-state index in [0.717, 1.165) is 10.0 Å². The number of rotatable bonds is 4. The van der Waals surface area contributed by atoms with E-state index in [-0.39, 0.29) is 18.4 Å². The van der Waals surface area contributed by atoms with E-state index < -0.39 is 5.54 Å². The third-order valence-electron chi connectivity index (χ3n) is 3.90. The van der Waals surface area contributed by atoms with Crippen LogP contribution in [0.1, 0.15) is 32.3 Å². The number of hydrogen-bond donors (Lipinski definition) is 1. The fourth-order valence-electron chi connectivity index (χ4n) is 2.57. The first-order chi connectivity index (χ1) is 9.50. The van der Waals surface area contributed by atoms with E-state index in [1.807, 2.05) is 38.1 Å². The van der Waals surface area contributed by atoms with Gasteiger partial charge in [-0.05, 0) is 30.5 Å². The molecule has 1 N–H and O–H groups in total. The second kappa shape index (κ2) is 5.95. The third-order valence-corrected chi connectivity index (χ3v) is 4.43. The average molecular weight is 339 g/mol. The summed E-state index contributed by atoms with van der Waals surface area (Å²) in [6.07, 6.45) is 1.23. The molecule has 108 valence electrons. The van der Waals surface area contributed by atoms with Crippen molar-refractivity contribution < 1.29 is 9.59 Å². The largest absolute Gasteiger partial charge is 0.340 e. The number of amides is 2. The Morgan fingerprint density at radius 1 is 1.20 bits per heavy atom. The zero-order valence-corrected chi connectivity index (χ0v) is 13.4. The summed E-state index contributed by atoms with van der Waals surface area (Å²) in [5.41, 5.74) is 0.294. The van der Waals surface area contributed by atoms with Gasteiger partial charge in [0.1, 0.15) is 5.54 Å². The molecule has 1 heterocycles. The number of carbonyl (C=O) groups is 2. The van der Waals surface area contributed by atoms with Gasteiger partial charge in [-0.2, -0.15) is 0 Å². The van der Waals surface area contributed by atoms with E-state index in [4.69, 9.17) is 0 Å². The van der Waals surface area contributed by atoms with Crippen molar-refractivity contribution in [2.24, 2.45) is 0 Å². The molecule has 20 heavy (non-hydrogen) atoms. The summed E-state index contributed by atoms with van der Waals surface area (Å²) in [7, 11) is 0. The van der Waals surface area contributed by atoms with Gasteiger partial charge >= 0.3 is 0 Å². The third kappa shape index (κ3) is 2.87. The van der Waals surface area contributed by atoms with Crippen LogP contribution in [-0.4, -0.2) is 28.8 Å². The van der Waals surface area contributed by atoms with Crippen molar-refractivity contribution in [2.75, 3.05) is 6.54 Å². The SMILES string of the molecule is CCC1(CC)NC(=O)CN(Cc2ccc(Br)cc2)C1=O. The van der Waals surface area contributed by atoms with Crippen molar-refractivity contribution in [3.05, 3.63) is 34.3 Å². The second-order valence-corrected chi connectivity index (χ2v) is 6.04. The predicted octanol–water partition coefficient (Wildman–Crippen LogP) is 2.47. The molecule has 1 aliphatic rings. The second-order valence-electron chi connectivity index (χ2n) is 5.13. The fraction of sp³-hybridized carbons (Fsp3) is 0.467. The maximum Gasteiger partial charge on any atom is 0.249 e. The van der Waals surface area contributed by atoms with Gasteiger partial charge in [0.25, 0.3) is 0 Å². The zero-order valence-electron chi connectivity index (χ0n) is 11.8. The quantitative estimate of drug-likeness (QED) is 0.916. The molecule has 0 saturated carbocycles. The lowest BCUT2D eigenvalue weighted by Gasteiger charge is -2.41. The average Bonchev–Trinajstić information content (AvgIpc) is 2.45. The molecule has 0 aliphatic carbocycles. The van der Waals surface area contributed by atoms with E-state index in [1.165, 1.54) is 0 Å². The van der Waals surface area contributed by atoms with Crippen molar-refractivity contribution >= 4 is 27.7 Å². The van der Waals surface area contributed by atoms with Crippen LogP contribution in [0.15, 0.2) is 28.7 Å². The number of nitrogens with one attached hydrogen (secondary N) is 1. The van der Waals surface area contributed by atoms with Crippen LogP contribution >= 0.6 is 15.9 Å². The summed E-state index contributed by atoms with van der Waals surface area (Å²) in [5.74, 6) is -0.0598. The highest BCUT2D eigenvalue weighted by molar-refractivity contribution is 9.10. The Morgan fingerprint density at radius 3 is 2.35 bits per heavy atom. The summed E-state index contributed by atoms with van der Waals surface area (Å²) in [6, 6.07) is 7.81. The molecule has 2 rings (SSSR count). The fourth-order valence-corrected chi connectivity index (χ4v) is 2.84. The summed E-state index contributed by atoms with van der Waals surface area (Å²) >= 11 is 3.39. The highest BCUT2D eigenvalue weighted by atomic mass is 79.9. The summed E-state index contributed by atoms with van der Waals surface area (Å²) in [6.45, 7) is 4.48. The Bertz CT molecular complexity index is 509. The van der Waals surface area contributed by atoms with Crippen molar-refractivity contribution in [3.63, 3.8) is 0 Å².